The lowest BCUT2D eigenvalue weighted by atomic mass is 10.1. The number of aromatic nitrogens is 6. The third-order valence-electron chi connectivity index (χ3n) is 4.24. The molecule has 136 valence electrons. The van der Waals surface area contributed by atoms with Crippen LogP contribution in [0.25, 0.3) is 11.3 Å². The molecule has 0 saturated carbocycles. The molecule has 4 rings (SSSR count). The molecule has 0 saturated heterocycles. The fourth-order valence-corrected chi connectivity index (χ4v) is 2.83. The van der Waals surface area contributed by atoms with Gasteiger partial charge in [-0.25, -0.2) is 19.1 Å². The summed E-state index contributed by atoms with van der Waals surface area (Å²) in [6.07, 6.45) is 4.71. The van der Waals surface area contributed by atoms with Crippen molar-refractivity contribution in [2.45, 2.75) is 19.5 Å². The highest BCUT2D eigenvalue weighted by Gasteiger charge is 2.13. The van der Waals surface area contributed by atoms with Gasteiger partial charge >= 0.3 is 5.69 Å². The van der Waals surface area contributed by atoms with Crippen LogP contribution < -0.4 is 11.0 Å². The van der Waals surface area contributed by atoms with E-state index in [2.05, 4.69) is 20.5 Å². The summed E-state index contributed by atoms with van der Waals surface area (Å²) in [6.45, 7) is 1.75. The molecule has 3 heterocycles. The lowest BCUT2D eigenvalue weighted by molar-refractivity contribution is -0.122. The molecule has 0 fully saturated rings. The van der Waals surface area contributed by atoms with E-state index in [9.17, 15) is 9.59 Å². The van der Waals surface area contributed by atoms with Crippen molar-refractivity contribution in [2.24, 2.45) is 0 Å². The SMILES string of the molecule is CC(NC(=O)Cn1nc2ccccn2c1=O)c1ccc(-n2cncn2)cc1. The maximum atomic E-state index is 12.3. The van der Waals surface area contributed by atoms with Gasteiger partial charge in [-0.15, -0.1) is 5.10 Å². The van der Waals surface area contributed by atoms with Gasteiger partial charge in [0.05, 0.1) is 11.7 Å². The van der Waals surface area contributed by atoms with Crippen LogP contribution in [0, 0.1) is 0 Å². The van der Waals surface area contributed by atoms with E-state index < -0.39 is 0 Å². The van der Waals surface area contributed by atoms with E-state index in [0.717, 1.165) is 15.9 Å². The molecule has 1 amide bonds. The number of benzene rings is 1. The summed E-state index contributed by atoms with van der Waals surface area (Å²) in [7, 11) is 0. The fourth-order valence-electron chi connectivity index (χ4n) is 2.83. The second-order valence-corrected chi connectivity index (χ2v) is 6.09. The normalized spacial score (nSPS) is 12.2. The summed E-state index contributed by atoms with van der Waals surface area (Å²) in [5.74, 6) is -0.284. The van der Waals surface area contributed by atoms with Gasteiger partial charge in [-0.05, 0) is 36.8 Å². The third kappa shape index (κ3) is 3.34. The van der Waals surface area contributed by atoms with E-state index in [4.69, 9.17) is 0 Å². The number of carbonyl (C=O) groups excluding carboxylic acids is 1. The lowest BCUT2D eigenvalue weighted by Crippen LogP contribution is -2.34. The van der Waals surface area contributed by atoms with Crippen molar-refractivity contribution in [3.05, 3.63) is 77.4 Å². The average Bonchev–Trinajstić information content (AvgIpc) is 3.31. The molecular weight excluding hydrogens is 346 g/mol. The van der Waals surface area contributed by atoms with Crippen LogP contribution in [0.4, 0.5) is 0 Å². The van der Waals surface area contributed by atoms with E-state index in [1.807, 2.05) is 31.2 Å². The van der Waals surface area contributed by atoms with Crippen LogP contribution in [-0.4, -0.2) is 34.9 Å². The molecular formula is C18H17N7O2. The Kier molecular flexibility index (Phi) is 4.25. The Labute approximate surface area is 153 Å². The average molecular weight is 363 g/mol. The van der Waals surface area contributed by atoms with Crippen molar-refractivity contribution < 1.29 is 4.79 Å². The fraction of sp³-hybridized carbons (Fsp3) is 0.167. The number of nitrogens with one attached hydrogen (secondary N) is 1. The number of hydrogen-bond donors (Lipinski definition) is 1. The van der Waals surface area contributed by atoms with Gasteiger partial charge < -0.3 is 5.32 Å². The smallest absolute Gasteiger partial charge is 0.348 e. The van der Waals surface area contributed by atoms with E-state index in [1.54, 1.807) is 35.4 Å². The maximum Gasteiger partial charge on any atom is 0.350 e. The number of amides is 1. The topological polar surface area (TPSA) is 99.1 Å². The van der Waals surface area contributed by atoms with Gasteiger partial charge in [0, 0.05) is 6.20 Å². The molecule has 1 unspecified atom stereocenters. The first-order valence-electron chi connectivity index (χ1n) is 8.40. The monoisotopic (exact) mass is 363 g/mol. The Balaban J connectivity index is 1.44. The van der Waals surface area contributed by atoms with E-state index in [0.29, 0.717) is 5.65 Å². The first kappa shape index (κ1) is 16.7. The highest BCUT2D eigenvalue weighted by Crippen LogP contribution is 2.15. The van der Waals surface area contributed by atoms with Crippen molar-refractivity contribution in [3.63, 3.8) is 0 Å². The minimum Gasteiger partial charge on any atom is -0.348 e. The summed E-state index contributed by atoms with van der Waals surface area (Å²) in [5, 5.41) is 11.1. The number of fused-ring (bicyclic) bond motifs is 1. The Morgan fingerprint density at radius 3 is 2.70 bits per heavy atom. The number of pyridine rings is 1. The lowest BCUT2D eigenvalue weighted by Gasteiger charge is -2.14. The predicted molar refractivity (Wildman–Crippen MR) is 97.4 cm³/mol. The molecule has 1 aromatic carbocycles. The Hall–Kier alpha value is -3.75. The van der Waals surface area contributed by atoms with Gasteiger partial charge in [-0.3, -0.25) is 9.20 Å². The Morgan fingerprint density at radius 2 is 2.00 bits per heavy atom. The van der Waals surface area contributed by atoms with Gasteiger partial charge in [0.1, 0.15) is 19.2 Å². The van der Waals surface area contributed by atoms with Crippen LogP contribution >= 0.6 is 0 Å². The standard InChI is InChI=1S/C18H17N7O2/c1-13(14-5-7-15(8-6-14)25-12-19-11-20-25)21-17(26)10-24-18(27)23-9-3-2-4-16(23)22-24/h2-9,11-13H,10H2,1H3,(H,21,26). The zero-order valence-corrected chi connectivity index (χ0v) is 14.6. The van der Waals surface area contributed by atoms with Crippen molar-refractivity contribution in [2.75, 3.05) is 0 Å². The predicted octanol–water partition coefficient (Wildman–Crippen LogP) is 0.954. The Bertz CT molecular complexity index is 1130. The Morgan fingerprint density at radius 1 is 1.19 bits per heavy atom. The van der Waals surface area contributed by atoms with Crippen molar-refractivity contribution in [1.82, 2.24) is 34.3 Å². The minimum absolute atomic E-state index is 0.137. The van der Waals surface area contributed by atoms with Gasteiger partial charge in [-0.2, -0.15) is 5.10 Å². The number of carbonyl (C=O) groups is 1. The maximum absolute atomic E-state index is 12.3. The van der Waals surface area contributed by atoms with E-state index in [-0.39, 0.29) is 24.2 Å². The van der Waals surface area contributed by atoms with Crippen LogP contribution in [-0.2, 0) is 11.3 Å². The van der Waals surface area contributed by atoms with Crippen LogP contribution in [0.1, 0.15) is 18.5 Å². The molecule has 27 heavy (non-hydrogen) atoms. The molecule has 9 nitrogen and oxygen atoms in total. The van der Waals surface area contributed by atoms with Gasteiger partial charge in [0.25, 0.3) is 0 Å². The van der Waals surface area contributed by atoms with Crippen LogP contribution in [0.2, 0.25) is 0 Å². The first-order valence-corrected chi connectivity index (χ1v) is 8.40. The quantitative estimate of drug-likeness (QED) is 0.569. The van der Waals surface area contributed by atoms with Crippen molar-refractivity contribution in [3.8, 4) is 5.69 Å². The second kappa shape index (κ2) is 6.87. The molecule has 1 N–H and O–H groups in total. The third-order valence-corrected chi connectivity index (χ3v) is 4.24. The van der Waals surface area contributed by atoms with Crippen molar-refractivity contribution >= 4 is 11.6 Å². The van der Waals surface area contributed by atoms with Crippen LogP contribution in [0.3, 0.4) is 0 Å². The van der Waals surface area contributed by atoms with Crippen molar-refractivity contribution in [1.29, 1.82) is 0 Å². The van der Waals surface area contributed by atoms with E-state index in [1.165, 1.54) is 10.7 Å². The molecule has 0 bridgehead atoms. The minimum atomic E-state index is -0.342. The first-order chi connectivity index (χ1) is 13.1. The molecule has 0 aliphatic heterocycles. The number of nitrogens with zero attached hydrogens (tertiary/aromatic N) is 6. The molecule has 0 aliphatic carbocycles. The molecule has 4 aromatic rings. The summed E-state index contributed by atoms with van der Waals surface area (Å²) in [4.78, 5) is 28.5. The molecule has 1 atom stereocenters. The highest BCUT2D eigenvalue weighted by molar-refractivity contribution is 5.76. The summed E-state index contributed by atoms with van der Waals surface area (Å²) in [5.41, 5.74) is 1.98. The zero-order chi connectivity index (χ0) is 18.8. The van der Waals surface area contributed by atoms with Gasteiger partial charge in [0.15, 0.2) is 5.65 Å². The summed E-state index contributed by atoms with van der Waals surface area (Å²) < 4.78 is 4.22. The number of hydrogen-bond acceptors (Lipinski definition) is 5. The molecule has 0 radical (unpaired) electrons. The largest absolute Gasteiger partial charge is 0.350 e. The van der Waals surface area contributed by atoms with Crippen LogP contribution in [0.15, 0.2) is 66.1 Å². The number of rotatable bonds is 5. The molecule has 3 aromatic heterocycles. The summed E-state index contributed by atoms with van der Waals surface area (Å²) >= 11 is 0. The summed E-state index contributed by atoms with van der Waals surface area (Å²) in [6, 6.07) is 12.7. The second-order valence-electron chi connectivity index (χ2n) is 6.09. The van der Waals surface area contributed by atoms with E-state index >= 15 is 0 Å². The van der Waals surface area contributed by atoms with Crippen LogP contribution in [0.5, 0.6) is 0 Å². The highest BCUT2D eigenvalue weighted by atomic mass is 16.2. The molecule has 0 spiro atoms. The van der Waals surface area contributed by atoms with Gasteiger partial charge in [-0.1, -0.05) is 18.2 Å². The zero-order valence-electron chi connectivity index (χ0n) is 14.6. The van der Waals surface area contributed by atoms with Gasteiger partial charge in [0.2, 0.25) is 5.91 Å². The molecule has 9 heteroatoms. The molecule has 0 aliphatic rings.